The summed E-state index contributed by atoms with van der Waals surface area (Å²) in [5.41, 5.74) is -2.62. The number of hydrogen-bond donors (Lipinski definition) is 3. The average molecular weight is 380 g/mol. The lowest BCUT2D eigenvalue weighted by Gasteiger charge is -2.34. The monoisotopic (exact) mass is 380 g/mol. The van der Waals surface area contributed by atoms with E-state index in [1.165, 1.54) is 6.92 Å². The average Bonchev–Trinajstić information content (AvgIpc) is 3.03. The second-order valence-electron chi connectivity index (χ2n) is 6.09. The molecule has 11 heteroatoms. The van der Waals surface area contributed by atoms with E-state index in [1.807, 2.05) is 0 Å². The fraction of sp³-hybridized carbons (Fsp3) is 0.714. The molecule has 0 saturated carbocycles. The fourth-order valence-electron chi connectivity index (χ4n) is 3.09. The van der Waals surface area contributed by atoms with Crippen molar-refractivity contribution in [3.63, 3.8) is 0 Å². The highest BCUT2D eigenvalue weighted by Gasteiger charge is 2.68. The van der Waals surface area contributed by atoms with E-state index in [0.29, 0.717) is 0 Å². The quantitative estimate of drug-likeness (QED) is 0.267. The molecule has 5 unspecified atom stereocenters. The zero-order valence-electron chi connectivity index (χ0n) is 13.5. The summed E-state index contributed by atoms with van der Waals surface area (Å²) in [4.78, 5) is 23.1. The van der Waals surface area contributed by atoms with Gasteiger partial charge in [0.25, 0.3) is 0 Å². The van der Waals surface area contributed by atoms with E-state index in [-0.39, 0.29) is 18.4 Å². The van der Waals surface area contributed by atoms with Crippen molar-refractivity contribution in [3.05, 3.63) is 12.2 Å². The SMILES string of the molecule is C=C(C)C(=O)OCC(=O)OC1CC2(CO)OC1(CO)CC2OS(=O)O. The Morgan fingerprint density at radius 1 is 1.24 bits per heavy atom. The molecule has 0 amide bonds. The van der Waals surface area contributed by atoms with Crippen molar-refractivity contribution < 1.29 is 47.0 Å². The predicted octanol–water partition coefficient (Wildman–Crippen LogP) is -1.17. The molecule has 0 spiro atoms. The molecule has 25 heavy (non-hydrogen) atoms. The number of esters is 2. The Balaban J connectivity index is 2.04. The van der Waals surface area contributed by atoms with Crippen molar-refractivity contribution in [2.45, 2.75) is 43.2 Å². The molecule has 0 aromatic carbocycles. The molecule has 2 saturated heterocycles. The number of carbonyl (C=O) groups is 2. The zero-order valence-corrected chi connectivity index (χ0v) is 14.3. The molecule has 2 rings (SSSR count). The number of ether oxygens (including phenoxy) is 3. The Morgan fingerprint density at radius 3 is 2.32 bits per heavy atom. The van der Waals surface area contributed by atoms with Crippen LogP contribution in [0.5, 0.6) is 0 Å². The molecular formula is C14H20O10S. The molecule has 0 aromatic rings. The van der Waals surface area contributed by atoms with Crippen molar-refractivity contribution in [1.29, 1.82) is 0 Å². The molecule has 2 heterocycles. The number of fused-ring (bicyclic) bond motifs is 2. The van der Waals surface area contributed by atoms with Gasteiger partial charge >= 0.3 is 23.3 Å². The molecular weight excluding hydrogens is 360 g/mol. The minimum atomic E-state index is -2.59. The molecule has 5 atom stereocenters. The molecule has 2 fully saturated rings. The fourth-order valence-corrected chi connectivity index (χ4v) is 3.53. The highest BCUT2D eigenvalue weighted by Crippen LogP contribution is 2.53. The van der Waals surface area contributed by atoms with Gasteiger partial charge in [-0.3, -0.25) is 8.74 Å². The minimum absolute atomic E-state index is 0.0495. The van der Waals surface area contributed by atoms with E-state index in [4.69, 9.17) is 18.2 Å². The minimum Gasteiger partial charge on any atom is -0.457 e. The van der Waals surface area contributed by atoms with Crippen LogP contribution in [0.25, 0.3) is 0 Å². The normalized spacial score (nSPS) is 34.6. The zero-order chi connectivity index (χ0) is 18.8. The predicted molar refractivity (Wildman–Crippen MR) is 81.2 cm³/mol. The maximum Gasteiger partial charge on any atom is 0.344 e. The highest BCUT2D eigenvalue weighted by molar-refractivity contribution is 7.74. The Hall–Kier alpha value is -1.37. The summed E-state index contributed by atoms with van der Waals surface area (Å²) in [6.45, 7) is 3.04. The first-order chi connectivity index (χ1) is 11.7. The van der Waals surface area contributed by atoms with Crippen LogP contribution < -0.4 is 0 Å². The Bertz CT molecular complexity index is 592. The van der Waals surface area contributed by atoms with Gasteiger partial charge < -0.3 is 24.4 Å². The van der Waals surface area contributed by atoms with Crippen LogP contribution >= 0.6 is 0 Å². The van der Waals surface area contributed by atoms with Crippen molar-refractivity contribution in [2.75, 3.05) is 19.8 Å². The van der Waals surface area contributed by atoms with Crippen molar-refractivity contribution in [2.24, 2.45) is 0 Å². The number of hydrogen-bond acceptors (Lipinski definition) is 9. The van der Waals surface area contributed by atoms with Crippen molar-refractivity contribution in [1.82, 2.24) is 0 Å². The van der Waals surface area contributed by atoms with Gasteiger partial charge in [-0.1, -0.05) is 6.58 Å². The molecule has 0 aliphatic carbocycles. The molecule has 3 N–H and O–H groups in total. The Kier molecular flexibility index (Phi) is 5.97. The molecule has 0 aromatic heterocycles. The van der Waals surface area contributed by atoms with E-state index in [9.17, 15) is 24.0 Å². The molecule has 2 aliphatic heterocycles. The standard InChI is InChI=1S/C14H20O10S/c1-8(2)12(18)21-5-11(17)22-9-3-14(7-16)10(23-25(19)20)4-13(9,6-15)24-14/h9-10,15-16H,1,3-7H2,2H3,(H,19,20). The molecule has 2 bridgehead atoms. The lowest BCUT2D eigenvalue weighted by atomic mass is 9.78. The molecule has 10 nitrogen and oxygen atoms in total. The number of rotatable bonds is 8. The summed E-state index contributed by atoms with van der Waals surface area (Å²) in [6, 6.07) is 0. The highest BCUT2D eigenvalue weighted by atomic mass is 32.2. The number of aliphatic hydroxyl groups excluding tert-OH is 2. The third kappa shape index (κ3) is 3.91. The van der Waals surface area contributed by atoms with Crippen LogP contribution in [0.4, 0.5) is 0 Å². The summed E-state index contributed by atoms with van der Waals surface area (Å²) in [5, 5.41) is 19.3. The molecule has 142 valence electrons. The number of aliphatic hydroxyl groups is 2. The maximum absolute atomic E-state index is 11.9. The first-order valence-electron chi connectivity index (χ1n) is 7.40. The van der Waals surface area contributed by atoms with Gasteiger partial charge in [0.15, 0.2) is 6.61 Å². The van der Waals surface area contributed by atoms with Crippen LogP contribution in [-0.2, 0) is 39.3 Å². The van der Waals surface area contributed by atoms with Gasteiger partial charge in [-0.25, -0.2) is 9.59 Å². The van der Waals surface area contributed by atoms with E-state index >= 15 is 0 Å². The Morgan fingerprint density at radius 2 is 1.80 bits per heavy atom. The van der Waals surface area contributed by atoms with Crippen LogP contribution in [0.15, 0.2) is 12.2 Å². The number of carbonyl (C=O) groups excluding carboxylic acids is 2. The third-order valence-corrected chi connectivity index (χ3v) is 4.72. The van der Waals surface area contributed by atoms with Crippen LogP contribution in [-0.4, -0.2) is 74.1 Å². The van der Waals surface area contributed by atoms with E-state index < -0.39 is 66.5 Å². The summed E-state index contributed by atoms with van der Waals surface area (Å²) < 4.78 is 40.2. The van der Waals surface area contributed by atoms with Crippen LogP contribution in [0.2, 0.25) is 0 Å². The van der Waals surface area contributed by atoms with Gasteiger partial charge in [0.05, 0.1) is 13.2 Å². The first kappa shape index (κ1) is 19.9. The van der Waals surface area contributed by atoms with Gasteiger partial charge in [0.1, 0.15) is 23.4 Å². The summed E-state index contributed by atoms with van der Waals surface area (Å²) in [7, 11) is 0. The van der Waals surface area contributed by atoms with E-state index in [1.54, 1.807) is 0 Å². The van der Waals surface area contributed by atoms with Gasteiger partial charge in [0, 0.05) is 18.4 Å². The second kappa shape index (κ2) is 7.48. The summed E-state index contributed by atoms with van der Waals surface area (Å²) in [6.07, 6.45) is -1.99. The third-order valence-electron chi connectivity index (χ3n) is 4.32. The smallest absolute Gasteiger partial charge is 0.344 e. The lowest BCUT2D eigenvalue weighted by Crippen LogP contribution is -2.50. The maximum atomic E-state index is 11.9. The van der Waals surface area contributed by atoms with Crippen molar-refractivity contribution in [3.8, 4) is 0 Å². The van der Waals surface area contributed by atoms with Gasteiger partial charge in [0.2, 0.25) is 0 Å². The topological polar surface area (TPSA) is 149 Å². The summed E-state index contributed by atoms with van der Waals surface area (Å²) in [5.74, 6) is -1.61. The van der Waals surface area contributed by atoms with Gasteiger partial charge in [-0.15, -0.1) is 0 Å². The van der Waals surface area contributed by atoms with Crippen LogP contribution in [0, 0.1) is 0 Å². The van der Waals surface area contributed by atoms with Gasteiger partial charge in [-0.2, -0.15) is 4.21 Å². The van der Waals surface area contributed by atoms with Crippen LogP contribution in [0.1, 0.15) is 19.8 Å². The van der Waals surface area contributed by atoms with Gasteiger partial charge in [-0.05, 0) is 6.92 Å². The summed E-state index contributed by atoms with van der Waals surface area (Å²) >= 11 is -2.59. The van der Waals surface area contributed by atoms with E-state index in [2.05, 4.69) is 11.3 Å². The lowest BCUT2D eigenvalue weighted by molar-refractivity contribution is -0.170. The Labute approximate surface area is 146 Å². The largest absolute Gasteiger partial charge is 0.457 e. The van der Waals surface area contributed by atoms with E-state index in [0.717, 1.165) is 0 Å². The van der Waals surface area contributed by atoms with Crippen LogP contribution in [0.3, 0.4) is 0 Å². The second-order valence-corrected chi connectivity index (χ2v) is 6.72. The molecule has 2 aliphatic rings. The first-order valence-corrected chi connectivity index (χ1v) is 8.43. The molecule has 0 radical (unpaired) electrons. The van der Waals surface area contributed by atoms with Crippen molar-refractivity contribution >= 4 is 23.3 Å².